The van der Waals surface area contributed by atoms with Crippen molar-refractivity contribution in [2.45, 2.75) is 0 Å². The van der Waals surface area contributed by atoms with E-state index in [-0.39, 0.29) is 12.5 Å². The topological polar surface area (TPSA) is 80.2 Å². The molecule has 0 saturated carbocycles. The highest BCUT2D eigenvalue weighted by Gasteiger charge is 2.11. The Morgan fingerprint density at radius 2 is 2.04 bits per heavy atom. The van der Waals surface area contributed by atoms with E-state index in [0.717, 1.165) is 0 Å². The molecule has 2 aromatic rings. The molecule has 2 rings (SSSR count). The molecule has 0 aliphatic carbocycles. The summed E-state index contributed by atoms with van der Waals surface area (Å²) in [6, 6.07) is 12.4. The fraction of sp³-hybridized carbons (Fsp3) is 0.125. The van der Waals surface area contributed by atoms with Crippen LogP contribution in [0.5, 0.6) is 11.5 Å². The van der Waals surface area contributed by atoms with Gasteiger partial charge in [-0.05, 0) is 40.2 Å². The Bertz CT molecular complexity index is 705. The number of nitrogens with one attached hydrogen (secondary N) is 1. The average Bonchev–Trinajstić information content (AvgIpc) is 2.56. The predicted molar refractivity (Wildman–Crippen MR) is 90.6 cm³/mol. The standard InChI is InChI=1S/C16H15BrN2O4/c1-22-14-7-11(9-18-21)13(17)8-15(14)23-10-16(20)19-12-5-3-2-4-6-12/h2-9,21H,10H2,1H3,(H,19,20). The van der Waals surface area contributed by atoms with Gasteiger partial charge in [0.05, 0.1) is 13.3 Å². The van der Waals surface area contributed by atoms with E-state index in [0.29, 0.717) is 27.2 Å². The molecule has 0 aliphatic rings. The van der Waals surface area contributed by atoms with Crippen LogP contribution in [0.4, 0.5) is 5.69 Å². The summed E-state index contributed by atoms with van der Waals surface area (Å²) >= 11 is 3.33. The lowest BCUT2D eigenvalue weighted by molar-refractivity contribution is -0.118. The van der Waals surface area contributed by atoms with Crippen molar-refractivity contribution in [3.05, 3.63) is 52.5 Å². The minimum Gasteiger partial charge on any atom is -0.493 e. The van der Waals surface area contributed by atoms with Crippen molar-refractivity contribution in [3.8, 4) is 11.5 Å². The van der Waals surface area contributed by atoms with Crippen molar-refractivity contribution in [3.63, 3.8) is 0 Å². The van der Waals surface area contributed by atoms with Gasteiger partial charge in [0.2, 0.25) is 0 Å². The zero-order valence-corrected chi connectivity index (χ0v) is 13.9. The van der Waals surface area contributed by atoms with Gasteiger partial charge in [-0.15, -0.1) is 0 Å². The largest absolute Gasteiger partial charge is 0.493 e. The molecule has 1 amide bonds. The number of carbonyl (C=O) groups excluding carboxylic acids is 1. The van der Waals surface area contributed by atoms with Gasteiger partial charge in [0.1, 0.15) is 0 Å². The first-order chi connectivity index (χ1) is 11.1. The van der Waals surface area contributed by atoms with Crippen LogP contribution in [0.2, 0.25) is 0 Å². The first-order valence-electron chi connectivity index (χ1n) is 6.66. The third-order valence-electron chi connectivity index (χ3n) is 2.90. The smallest absolute Gasteiger partial charge is 0.262 e. The highest BCUT2D eigenvalue weighted by Crippen LogP contribution is 2.32. The molecular formula is C16H15BrN2O4. The normalized spacial score (nSPS) is 10.5. The molecular weight excluding hydrogens is 364 g/mol. The number of oxime groups is 1. The van der Waals surface area contributed by atoms with Crippen molar-refractivity contribution in [1.82, 2.24) is 0 Å². The molecule has 6 nitrogen and oxygen atoms in total. The van der Waals surface area contributed by atoms with Gasteiger partial charge in [-0.3, -0.25) is 4.79 Å². The van der Waals surface area contributed by atoms with Gasteiger partial charge < -0.3 is 20.0 Å². The zero-order valence-electron chi connectivity index (χ0n) is 12.3. The van der Waals surface area contributed by atoms with E-state index >= 15 is 0 Å². The summed E-state index contributed by atoms with van der Waals surface area (Å²) in [5.74, 6) is 0.545. The second-order valence-electron chi connectivity index (χ2n) is 4.47. The summed E-state index contributed by atoms with van der Waals surface area (Å²) in [5.41, 5.74) is 1.31. The number of methoxy groups -OCH3 is 1. The molecule has 0 spiro atoms. The molecule has 0 heterocycles. The van der Waals surface area contributed by atoms with E-state index in [1.807, 2.05) is 18.2 Å². The van der Waals surface area contributed by atoms with Crippen LogP contribution in [0, 0.1) is 0 Å². The number of para-hydroxylation sites is 1. The molecule has 0 fully saturated rings. The average molecular weight is 379 g/mol. The molecule has 23 heavy (non-hydrogen) atoms. The van der Waals surface area contributed by atoms with E-state index in [2.05, 4.69) is 26.4 Å². The minimum absolute atomic E-state index is 0.162. The lowest BCUT2D eigenvalue weighted by Crippen LogP contribution is -2.20. The van der Waals surface area contributed by atoms with E-state index in [1.54, 1.807) is 24.3 Å². The Kier molecular flexibility index (Phi) is 5.99. The van der Waals surface area contributed by atoms with Gasteiger partial charge in [-0.1, -0.05) is 23.4 Å². The minimum atomic E-state index is -0.282. The summed E-state index contributed by atoms with van der Waals surface area (Å²) in [6.45, 7) is -0.162. The third kappa shape index (κ3) is 4.72. The summed E-state index contributed by atoms with van der Waals surface area (Å²) in [5, 5.41) is 14.3. The number of amides is 1. The predicted octanol–water partition coefficient (Wildman–Crippen LogP) is 3.28. The fourth-order valence-corrected chi connectivity index (χ4v) is 2.27. The number of hydrogen-bond acceptors (Lipinski definition) is 5. The van der Waals surface area contributed by atoms with Crippen LogP contribution < -0.4 is 14.8 Å². The summed E-state index contributed by atoms with van der Waals surface area (Å²) in [6.07, 6.45) is 1.26. The van der Waals surface area contributed by atoms with Gasteiger partial charge in [0.15, 0.2) is 18.1 Å². The monoisotopic (exact) mass is 378 g/mol. The van der Waals surface area contributed by atoms with Gasteiger partial charge in [-0.25, -0.2) is 0 Å². The maximum Gasteiger partial charge on any atom is 0.262 e. The Labute approximate surface area is 141 Å². The van der Waals surface area contributed by atoms with Crippen molar-refractivity contribution < 1.29 is 19.5 Å². The van der Waals surface area contributed by atoms with Crippen LogP contribution in [0.15, 0.2) is 52.1 Å². The zero-order chi connectivity index (χ0) is 16.7. The lowest BCUT2D eigenvalue weighted by atomic mass is 10.2. The van der Waals surface area contributed by atoms with Gasteiger partial charge in [0, 0.05) is 15.7 Å². The van der Waals surface area contributed by atoms with Crippen molar-refractivity contribution in [2.24, 2.45) is 5.16 Å². The number of ether oxygens (including phenoxy) is 2. The molecule has 0 atom stereocenters. The maximum absolute atomic E-state index is 11.9. The van der Waals surface area contributed by atoms with Gasteiger partial charge in [0.25, 0.3) is 5.91 Å². The van der Waals surface area contributed by atoms with Gasteiger partial charge in [-0.2, -0.15) is 0 Å². The molecule has 0 saturated heterocycles. The number of anilines is 1. The molecule has 0 radical (unpaired) electrons. The van der Waals surface area contributed by atoms with Crippen LogP contribution in [0.1, 0.15) is 5.56 Å². The second-order valence-corrected chi connectivity index (χ2v) is 5.33. The highest BCUT2D eigenvalue weighted by atomic mass is 79.9. The Balaban J connectivity index is 2.05. The molecule has 2 aromatic carbocycles. The van der Waals surface area contributed by atoms with Crippen molar-refractivity contribution >= 4 is 33.7 Å². The van der Waals surface area contributed by atoms with E-state index in [1.165, 1.54) is 13.3 Å². The Morgan fingerprint density at radius 3 is 2.70 bits per heavy atom. The molecule has 0 bridgehead atoms. The van der Waals surface area contributed by atoms with Crippen LogP contribution in [-0.4, -0.2) is 31.0 Å². The SMILES string of the molecule is COc1cc(C=NO)c(Br)cc1OCC(=O)Nc1ccccc1. The van der Waals surface area contributed by atoms with Crippen LogP contribution in [-0.2, 0) is 4.79 Å². The first-order valence-corrected chi connectivity index (χ1v) is 7.46. The third-order valence-corrected chi connectivity index (χ3v) is 3.58. The Morgan fingerprint density at radius 1 is 1.30 bits per heavy atom. The number of halogens is 1. The fourth-order valence-electron chi connectivity index (χ4n) is 1.85. The molecule has 0 aliphatic heterocycles. The number of carbonyl (C=O) groups is 1. The van der Waals surface area contributed by atoms with E-state index in [9.17, 15) is 4.79 Å². The Hall–Kier alpha value is -2.54. The second kappa shape index (κ2) is 8.19. The summed E-state index contributed by atoms with van der Waals surface area (Å²) < 4.78 is 11.4. The molecule has 120 valence electrons. The molecule has 0 aromatic heterocycles. The van der Waals surface area contributed by atoms with Crippen molar-refractivity contribution in [1.29, 1.82) is 0 Å². The number of benzene rings is 2. The van der Waals surface area contributed by atoms with E-state index < -0.39 is 0 Å². The molecule has 2 N–H and O–H groups in total. The quantitative estimate of drug-likeness (QED) is 0.459. The molecule has 0 unspecified atom stereocenters. The lowest BCUT2D eigenvalue weighted by Gasteiger charge is -2.12. The van der Waals surface area contributed by atoms with Crippen molar-refractivity contribution in [2.75, 3.05) is 19.0 Å². The van der Waals surface area contributed by atoms with Crippen LogP contribution in [0.25, 0.3) is 0 Å². The van der Waals surface area contributed by atoms with E-state index in [4.69, 9.17) is 14.7 Å². The number of rotatable bonds is 6. The number of nitrogens with zero attached hydrogens (tertiary/aromatic N) is 1. The highest BCUT2D eigenvalue weighted by molar-refractivity contribution is 9.10. The molecule has 7 heteroatoms. The number of hydrogen-bond donors (Lipinski definition) is 2. The van der Waals surface area contributed by atoms with Gasteiger partial charge >= 0.3 is 0 Å². The summed E-state index contributed by atoms with van der Waals surface area (Å²) in [4.78, 5) is 11.9. The summed E-state index contributed by atoms with van der Waals surface area (Å²) in [7, 11) is 1.49. The maximum atomic E-state index is 11.9. The van der Waals surface area contributed by atoms with Crippen LogP contribution in [0.3, 0.4) is 0 Å². The van der Waals surface area contributed by atoms with Crippen LogP contribution >= 0.6 is 15.9 Å². The first kappa shape index (κ1) is 16.8.